The standard InChI is InChI=1S/C11H16ClN3/c1-8-4-3-5-15(7-8)11-6-10(12)13-9(2)14-11/h6,8H,3-5,7H2,1-2H3. The van der Waals surface area contributed by atoms with E-state index in [0.29, 0.717) is 5.15 Å². The van der Waals surface area contributed by atoms with Crippen molar-refractivity contribution in [2.75, 3.05) is 18.0 Å². The summed E-state index contributed by atoms with van der Waals surface area (Å²) in [5.74, 6) is 2.46. The summed E-state index contributed by atoms with van der Waals surface area (Å²) < 4.78 is 0. The van der Waals surface area contributed by atoms with Crippen molar-refractivity contribution in [3.05, 3.63) is 17.0 Å². The highest BCUT2D eigenvalue weighted by Gasteiger charge is 2.18. The molecule has 0 radical (unpaired) electrons. The van der Waals surface area contributed by atoms with E-state index in [2.05, 4.69) is 21.8 Å². The van der Waals surface area contributed by atoms with Gasteiger partial charge in [0.25, 0.3) is 0 Å². The molecule has 2 rings (SSSR count). The second-order valence-electron chi connectivity index (χ2n) is 4.29. The maximum absolute atomic E-state index is 5.93. The minimum absolute atomic E-state index is 0.538. The maximum atomic E-state index is 5.93. The minimum Gasteiger partial charge on any atom is -0.356 e. The van der Waals surface area contributed by atoms with Crippen LogP contribution in [0.2, 0.25) is 5.15 Å². The quantitative estimate of drug-likeness (QED) is 0.689. The van der Waals surface area contributed by atoms with Crippen LogP contribution in [-0.2, 0) is 0 Å². The Labute approximate surface area is 95.5 Å². The van der Waals surface area contributed by atoms with Gasteiger partial charge in [0, 0.05) is 19.2 Å². The van der Waals surface area contributed by atoms with Crippen molar-refractivity contribution in [1.29, 1.82) is 0 Å². The Bertz CT molecular complexity index is 333. The molecular weight excluding hydrogens is 210 g/mol. The summed E-state index contributed by atoms with van der Waals surface area (Å²) in [4.78, 5) is 10.8. The largest absolute Gasteiger partial charge is 0.356 e. The lowest BCUT2D eigenvalue weighted by atomic mass is 10.0. The predicted molar refractivity (Wildman–Crippen MR) is 62.4 cm³/mol. The van der Waals surface area contributed by atoms with Crippen LogP contribution in [0.1, 0.15) is 25.6 Å². The Morgan fingerprint density at radius 1 is 1.47 bits per heavy atom. The van der Waals surface area contributed by atoms with Crippen molar-refractivity contribution in [1.82, 2.24) is 9.97 Å². The highest BCUT2D eigenvalue weighted by atomic mass is 35.5. The topological polar surface area (TPSA) is 29.0 Å². The average molecular weight is 226 g/mol. The summed E-state index contributed by atoms with van der Waals surface area (Å²) in [5, 5.41) is 0.538. The molecule has 0 amide bonds. The predicted octanol–water partition coefficient (Wildman–Crippen LogP) is 2.67. The third-order valence-electron chi connectivity index (χ3n) is 2.77. The van der Waals surface area contributed by atoms with Gasteiger partial charge in [-0.15, -0.1) is 0 Å². The molecule has 4 heteroatoms. The number of anilines is 1. The molecule has 82 valence electrons. The van der Waals surface area contributed by atoms with Crippen LogP contribution in [0.15, 0.2) is 6.07 Å². The van der Waals surface area contributed by atoms with E-state index in [-0.39, 0.29) is 0 Å². The fourth-order valence-corrected chi connectivity index (χ4v) is 2.30. The molecule has 0 bridgehead atoms. The Hall–Kier alpha value is -0.830. The van der Waals surface area contributed by atoms with Crippen molar-refractivity contribution < 1.29 is 0 Å². The molecule has 0 aliphatic carbocycles. The third kappa shape index (κ3) is 2.59. The number of halogens is 1. The Morgan fingerprint density at radius 2 is 2.27 bits per heavy atom. The van der Waals surface area contributed by atoms with Crippen LogP contribution in [-0.4, -0.2) is 23.1 Å². The molecule has 0 spiro atoms. The van der Waals surface area contributed by atoms with Gasteiger partial charge < -0.3 is 4.90 Å². The fraction of sp³-hybridized carbons (Fsp3) is 0.636. The van der Waals surface area contributed by atoms with E-state index in [0.717, 1.165) is 30.6 Å². The van der Waals surface area contributed by atoms with E-state index in [1.165, 1.54) is 12.8 Å². The highest BCUT2D eigenvalue weighted by molar-refractivity contribution is 6.29. The normalized spacial score (nSPS) is 21.8. The van der Waals surface area contributed by atoms with E-state index in [1.807, 2.05) is 13.0 Å². The maximum Gasteiger partial charge on any atom is 0.134 e. The van der Waals surface area contributed by atoms with Crippen molar-refractivity contribution >= 4 is 17.4 Å². The molecule has 1 fully saturated rings. The van der Waals surface area contributed by atoms with Gasteiger partial charge in [-0.25, -0.2) is 9.97 Å². The zero-order valence-corrected chi connectivity index (χ0v) is 9.96. The summed E-state index contributed by atoms with van der Waals surface area (Å²) >= 11 is 5.93. The van der Waals surface area contributed by atoms with Gasteiger partial charge in [-0.2, -0.15) is 0 Å². The molecular formula is C11H16ClN3. The molecule has 2 heterocycles. The van der Waals surface area contributed by atoms with E-state index in [4.69, 9.17) is 11.6 Å². The van der Waals surface area contributed by atoms with Gasteiger partial charge in [-0.1, -0.05) is 18.5 Å². The second kappa shape index (κ2) is 4.35. The number of nitrogens with zero attached hydrogens (tertiary/aromatic N) is 3. The number of aromatic nitrogens is 2. The van der Waals surface area contributed by atoms with Gasteiger partial charge in [0.05, 0.1) is 0 Å². The zero-order chi connectivity index (χ0) is 10.8. The average Bonchev–Trinajstić information content (AvgIpc) is 2.16. The van der Waals surface area contributed by atoms with Crippen LogP contribution in [0.5, 0.6) is 0 Å². The van der Waals surface area contributed by atoms with E-state index in [1.54, 1.807) is 0 Å². The Kier molecular flexibility index (Phi) is 3.10. The summed E-state index contributed by atoms with van der Waals surface area (Å²) in [6, 6.07) is 1.85. The lowest BCUT2D eigenvalue weighted by molar-refractivity contribution is 0.444. The van der Waals surface area contributed by atoms with Crippen LogP contribution in [0.3, 0.4) is 0 Å². The van der Waals surface area contributed by atoms with Gasteiger partial charge in [0.1, 0.15) is 16.8 Å². The molecule has 1 aromatic heterocycles. The summed E-state index contributed by atoms with van der Waals surface area (Å²) in [6.07, 6.45) is 2.55. The lowest BCUT2D eigenvalue weighted by Gasteiger charge is -2.31. The SMILES string of the molecule is Cc1nc(Cl)cc(N2CCCC(C)C2)n1. The third-order valence-corrected chi connectivity index (χ3v) is 2.97. The van der Waals surface area contributed by atoms with Gasteiger partial charge in [0.15, 0.2) is 0 Å². The molecule has 0 saturated carbocycles. The van der Waals surface area contributed by atoms with Crippen LogP contribution >= 0.6 is 11.6 Å². The molecule has 3 nitrogen and oxygen atoms in total. The molecule has 0 N–H and O–H groups in total. The molecule has 1 atom stereocenters. The fourth-order valence-electron chi connectivity index (χ4n) is 2.08. The zero-order valence-electron chi connectivity index (χ0n) is 9.20. The molecule has 1 saturated heterocycles. The van der Waals surface area contributed by atoms with Crippen molar-refractivity contribution in [2.24, 2.45) is 5.92 Å². The van der Waals surface area contributed by atoms with Crippen LogP contribution in [0.25, 0.3) is 0 Å². The number of rotatable bonds is 1. The summed E-state index contributed by atoms with van der Waals surface area (Å²) in [7, 11) is 0. The molecule has 1 aromatic rings. The highest BCUT2D eigenvalue weighted by Crippen LogP contribution is 2.22. The minimum atomic E-state index is 0.538. The van der Waals surface area contributed by atoms with Gasteiger partial charge in [-0.3, -0.25) is 0 Å². The Morgan fingerprint density at radius 3 is 2.93 bits per heavy atom. The molecule has 1 aliphatic heterocycles. The molecule has 15 heavy (non-hydrogen) atoms. The Balaban J connectivity index is 2.20. The summed E-state index contributed by atoms with van der Waals surface area (Å²) in [6.45, 7) is 6.31. The van der Waals surface area contributed by atoms with Crippen molar-refractivity contribution in [2.45, 2.75) is 26.7 Å². The number of hydrogen-bond donors (Lipinski definition) is 0. The molecule has 1 aliphatic rings. The number of hydrogen-bond acceptors (Lipinski definition) is 3. The first-order valence-corrected chi connectivity index (χ1v) is 5.79. The van der Waals surface area contributed by atoms with E-state index in [9.17, 15) is 0 Å². The first kappa shape index (κ1) is 10.7. The van der Waals surface area contributed by atoms with Crippen molar-refractivity contribution in [3.63, 3.8) is 0 Å². The van der Waals surface area contributed by atoms with Crippen molar-refractivity contribution in [3.8, 4) is 0 Å². The van der Waals surface area contributed by atoms with E-state index >= 15 is 0 Å². The van der Waals surface area contributed by atoms with Crippen LogP contribution < -0.4 is 4.90 Å². The van der Waals surface area contributed by atoms with Gasteiger partial charge in [0.2, 0.25) is 0 Å². The smallest absolute Gasteiger partial charge is 0.134 e. The lowest BCUT2D eigenvalue weighted by Crippen LogP contribution is -2.34. The van der Waals surface area contributed by atoms with Gasteiger partial charge >= 0.3 is 0 Å². The second-order valence-corrected chi connectivity index (χ2v) is 4.68. The number of piperidine rings is 1. The van der Waals surface area contributed by atoms with E-state index < -0.39 is 0 Å². The first-order valence-electron chi connectivity index (χ1n) is 5.41. The van der Waals surface area contributed by atoms with Crippen LogP contribution in [0.4, 0.5) is 5.82 Å². The molecule has 1 unspecified atom stereocenters. The van der Waals surface area contributed by atoms with Gasteiger partial charge in [-0.05, 0) is 25.7 Å². The summed E-state index contributed by atoms with van der Waals surface area (Å²) in [5.41, 5.74) is 0. The number of aryl methyl sites for hydroxylation is 1. The molecule has 0 aromatic carbocycles. The monoisotopic (exact) mass is 225 g/mol. The first-order chi connectivity index (χ1) is 7.15. The van der Waals surface area contributed by atoms with Crippen LogP contribution in [0, 0.1) is 12.8 Å².